The molecule has 3 nitrogen and oxygen atoms in total. The van der Waals surface area contributed by atoms with E-state index in [-0.39, 0.29) is 5.97 Å². The molecule has 1 aromatic carbocycles. The predicted octanol–water partition coefficient (Wildman–Crippen LogP) is 2.35. The lowest BCUT2D eigenvalue weighted by Gasteiger charge is -2.08. The summed E-state index contributed by atoms with van der Waals surface area (Å²) in [5.74, 6) is -0.138. The van der Waals surface area contributed by atoms with E-state index in [9.17, 15) is 4.79 Å². The number of hydrogen-bond donors (Lipinski definition) is 1. The Hall–Kier alpha value is -1.35. The zero-order valence-electron chi connectivity index (χ0n) is 10.9. The number of esters is 1. The molecular formula is C14H21NO2. The number of aryl methyl sites for hydroxylation is 2. The van der Waals surface area contributed by atoms with Crippen molar-refractivity contribution in [3.05, 3.63) is 34.9 Å². The highest BCUT2D eigenvalue weighted by molar-refractivity contribution is 5.69. The molecule has 94 valence electrons. The van der Waals surface area contributed by atoms with Crippen molar-refractivity contribution in [2.45, 2.75) is 33.7 Å². The van der Waals surface area contributed by atoms with Crippen molar-refractivity contribution in [1.82, 2.24) is 5.32 Å². The van der Waals surface area contributed by atoms with Crippen molar-refractivity contribution in [3.63, 3.8) is 0 Å². The van der Waals surface area contributed by atoms with E-state index in [2.05, 4.69) is 37.4 Å². The minimum absolute atomic E-state index is 0.138. The second-order valence-corrected chi connectivity index (χ2v) is 4.16. The molecule has 0 saturated heterocycles. The third kappa shape index (κ3) is 5.00. The summed E-state index contributed by atoms with van der Waals surface area (Å²) in [5.41, 5.74) is 3.84. The standard InChI is InChI=1S/C14H21NO2/c1-4-17-14(16)7-8-15-10-13-6-5-11(2)9-12(13)3/h5-6,9,15H,4,7-8,10H2,1-3H3. The van der Waals surface area contributed by atoms with Gasteiger partial charge in [0.1, 0.15) is 0 Å². The summed E-state index contributed by atoms with van der Waals surface area (Å²) >= 11 is 0. The van der Waals surface area contributed by atoms with Gasteiger partial charge in [-0.1, -0.05) is 23.8 Å². The molecule has 0 atom stereocenters. The lowest BCUT2D eigenvalue weighted by molar-refractivity contribution is -0.142. The van der Waals surface area contributed by atoms with Crippen LogP contribution < -0.4 is 5.32 Å². The fourth-order valence-electron chi connectivity index (χ4n) is 1.69. The molecule has 0 aliphatic heterocycles. The van der Waals surface area contributed by atoms with Gasteiger partial charge in [0.25, 0.3) is 0 Å². The Morgan fingerprint density at radius 2 is 2.12 bits per heavy atom. The molecule has 0 aliphatic carbocycles. The van der Waals surface area contributed by atoms with Gasteiger partial charge in [-0.05, 0) is 31.9 Å². The van der Waals surface area contributed by atoms with Crippen LogP contribution in [0.1, 0.15) is 30.0 Å². The summed E-state index contributed by atoms with van der Waals surface area (Å²) < 4.78 is 4.85. The fraction of sp³-hybridized carbons (Fsp3) is 0.500. The van der Waals surface area contributed by atoms with E-state index in [1.807, 2.05) is 6.92 Å². The first-order valence-corrected chi connectivity index (χ1v) is 6.06. The highest BCUT2D eigenvalue weighted by Crippen LogP contribution is 2.09. The largest absolute Gasteiger partial charge is 0.466 e. The Kier molecular flexibility index (Phi) is 5.70. The van der Waals surface area contributed by atoms with Crippen molar-refractivity contribution < 1.29 is 9.53 Å². The average Bonchev–Trinajstić information content (AvgIpc) is 2.27. The number of carbonyl (C=O) groups excluding carboxylic acids is 1. The van der Waals surface area contributed by atoms with E-state index < -0.39 is 0 Å². The quantitative estimate of drug-likeness (QED) is 0.607. The van der Waals surface area contributed by atoms with E-state index in [0.29, 0.717) is 19.6 Å². The molecule has 0 spiro atoms. The fourth-order valence-corrected chi connectivity index (χ4v) is 1.69. The smallest absolute Gasteiger partial charge is 0.307 e. The van der Waals surface area contributed by atoms with Crippen molar-refractivity contribution in [2.75, 3.05) is 13.2 Å². The normalized spacial score (nSPS) is 10.3. The SMILES string of the molecule is CCOC(=O)CCNCc1ccc(C)cc1C. The molecule has 0 aliphatic rings. The van der Waals surface area contributed by atoms with Crippen LogP contribution >= 0.6 is 0 Å². The van der Waals surface area contributed by atoms with Gasteiger partial charge in [-0.2, -0.15) is 0 Å². The second kappa shape index (κ2) is 7.07. The van der Waals surface area contributed by atoms with Crippen LogP contribution in [0.25, 0.3) is 0 Å². The number of nitrogens with one attached hydrogen (secondary N) is 1. The van der Waals surface area contributed by atoms with E-state index in [0.717, 1.165) is 6.54 Å². The Labute approximate surface area is 103 Å². The maximum atomic E-state index is 11.1. The van der Waals surface area contributed by atoms with Gasteiger partial charge in [0, 0.05) is 13.1 Å². The summed E-state index contributed by atoms with van der Waals surface area (Å²) in [6, 6.07) is 6.40. The van der Waals surface area contributed by atoms with E-state index in [1.165, 1.54) is 16.7 Å². The third-order valence-electron chi connectivity index (χ3n) is 2.62. The molecule has 0 fully saturated rings. The molecule has 1 rings (SSSR count). The molecular weight excluding hydrogens is 214 g/mol. The highest BCUT2D eigenvalue weighted by atomic mass is 16.5. The lowest BCUT2D eigenvalue weighted by Crippen LogP contribution is -2.19. The Morgan fingerprint density at radius 1 is 1.35 bits per heavy atom. The first-order chi connectivity index (χ1) is 8.13. The van der Waals surface area contributed by atoms with Crippen molar-refractivity contribution in [1.29, 1.82) is 0 Å². The van der Waals surface area contributed by atoms with Crippen LogP contribution in [0.15, 0.2) is 18.2 Å². The maximum Gasteiger partial charge on any atom is 0.307 e. The monoisotopic (exact) mass is 235 g/mol. The van der Waals surface area contributed by atoms with Crippen LogP contribution in [0.4, 0.5) is 0 Å². The summed E-state index contributed by atoms with van der Waals surface area (Å²) in [6.45, 7) is 7.93. The molecule has 17 heavy (non-hydrogen) atoms. The topological polar surface area (TPSA) is 38.3 Å². The zero-order valence-corrected chi connectivity index (χ0v) is 10.9. The number of rotatable bonds is 6. The van der Waals surface area contributed by atoms with Crippen LogP contribution in [0.2, 0.25) is 0 Å². The first-order valence-electron chi connectivity index (χ1n) is 6.06. The van der Waals surface area contributed by atoms with Gasteiger partial charge < -0.3 is 10.1 Å². The predicted molar refractivity (Wildman–Crippen MR) is 68.9 cm³/mol. The van der Waals surface area contributed by atoms with Crippen LogP contribution in [-0.4, -0.2) is 19.1 Å². The maximum absolute atomic E-state index is 11.1. The number of carbonyl (C=O) groups is 1. The molecule has 0 bridgehead atoms. The Bertz CT molecular complexity index is 374. The lowest BCUT2D eigenvalue weighted by atomic mass is 10.1. The summed E-state index contributed by atoms with van der Waals surface area (Å²) in [5, 5.41) is 3.25. The van der Waals surface area contributed by atoms with Gasteiger partial charge in [-0.15, -0.1) is 0 Å². The van der Waals surface area contributed by atoms with Crippen LogP contribution in [0, 0.1) is 13.8 Å². The number of ether oxygens (including phenoxy) is 1. The van der Waals surface area contributed by atoms with Crippen molar-refractivity contribution >= 4 is 5.97 Å². The highest BCUT2D eigenvalue weighted by Gasteiger charge is 2.01. The molecule has 3 heteroatoms. The Morgan fingerprint density at radius 3 is 2.76 bits per heavy atom. The zero-order chi connectivity index (χ0) is 12.7. The van der Waals surface area contributed by atoms with Gasteiger partial charge >= 0.3 is 5.97 Å². The molecule has 1 aromatic rings. The van der Waals surface area contributed by atoms with Gasteiger partial charge in [0.05, 0.1) is 13.0 Å². The van der Waals surface area contributed by atoms with Gasteiger partial charge in [0.2, 0.25) is 0 Å². The molecule has 0 unspecified atom stereocenters. The van der Waals surface area contributed by atoms with Crippen LogP contribution in [0.5, 0.6) is 0 Å². The molecule has 0 radical (unpaired) electrons. The van der Waals surface area contributed by atoms with Gasteiger partial charge in [-0.25, -0.2) is 0 Å². The molecule has 1 N–H and O–H groups in total. The van der Waals surface area contributed by atoms with E-state index >= 15 is 0 Å². The summed E-state index contributed by atoms with van der Waals surface area (Å²) in [6.07, 6.45) is 0.429. The van der Waals surface area contributed by atoms with Gasteiger partial charge in [-0.3, -0.25) is 4.79 Å². The van der Waals surface area contributed by atoms with Gasteiger partial charge in [0.15, 0.2) is 0 Å². The third-order valence-corrected chi connectivity index (χ3v) is 2.62. The minimum atomic E-state index is -0.138. The van der Waals surface area contributed by atoms with Crippen LogP contribution in [0.3, 0.4) is 0 Å². The molecule has 0 saturated carbocycles. The number of benzene rings is 1. The molecule has 0 heterocycles. The van der Waals surface area contributed by atoms with Crippen molar-refractivity contribution in [2.24, 2.45) is 0 Å². The minimum Gasteiger partial charge on any atom is -0.466 e. The number of hydrogen-bond acceptors (Lipinski definition) is 3. The Balaban J connectivity index is 2.29. The van der Waals surface area contributed by atoms with E-state index in [4.69, 9.17) is 4.74 Å². The van der Waals surface area contributed by atoms with Crippen molar-refractivity contribution in [3.8, 4) is 0 Å². The average molecular weight is 235 g/mol. The van der Waals surface area contributed by atoms with E-state index in [1.54, 1.807) is 0 Å². The van der Waals surface area contributed by atoms with Crippen LogP contribution in [-0.2, 0) is 16.1 Å². The summed E-state index contributed by atoms with van der Waals surface area (Å²) in [7, 11) is 0. The molecule has 0 aromatic heterocycles. The molecule has 0 amide bonds. The first kappa shape index (κ1) is 13.7. The second-order valence-electron chi connectivity index (χ2n) is 4.16. The summed E-state index contributed by atoms with van der Waals surface area (Å²) in [4.78, 5) is 11.1.